The summed E-state index contributed by atoms with van der Waals surface area (Å²) in [5, 5.41) is 14.9. The Morgan fingerprint density at radius 2 is 2.00 bits per heavy atom. The van der Waals surface area contributed by atoms with Gasteiger partial charge in [0, 0.05) is 23.3 Å². The van der Waals surface area contributed by atoms with E-state index in [-0.39, 0.29) is 27.7 Å². The van der Waals surface area contributed by atoms with Crippen molar-refractivity contribution in [3.8, 4) is 0 Å². The van der Waals surface area contributed by atoms with E-state index in [4.69, 9.17) is 23.2 Å². The Kier molecular flexibility index (Phi) is 7.76. The van der Waals surface area contributed by atoms with Crippen molar-refractivity contribution in [1.82, 2.24) is 9.55 Å². The Balaban J connectivity index is 1.83. The maximum absolute atomic E-state index is 13.0. The fraction of sp³-hybridized carbons (Fsp3) is 0.286. The maximum Gasteiger partial charge on any atom is 0.289 e. The standard InChI is InChI=1S/C21H20Cl2N4O4S/c1-12(2)7-8-26-20(29)15-5-3-13(22)9-17(15)25-21(26)32-11-19(28)24-14-4-6-16(23)18(10-14)27(30)31/h3-6,9-10,12H,7-8,11H2,1-2H3,(H,24,28). The minimum Gasteiger partial charge on any atom is -0.325 e. The maximum atomic E-state index is 13.0. The summed E-state index contributed by atoms with van der Waals surface area (Å²) in [5.41, 5.74) is 0.220. The molecule has 11 heteroatoms. The van der Waals surface area contributed by atoms with Gasteiger partial charge in [-0.15, -0.1) is 0 Å². The van der Waals surface area contributed by atoms with E-state index in [0.717, 1.165) is 18.2 Å². The van der Waals surface area contributed by atoms with Crippen molar-refractivity contribution in [2.45, 2.75) is 32.0 Å². The minimum atomic E-state index is -0.621. The summed E-state index contributed by atoms with van der Waals surface area (Å²) in [7, 11) is 0. The van der Waals surface area contributed by atoms with Crippen molar-refractivity contribution in [1.29, 1.82) is 0 Å². The average molecular weight is 495 g/mol. The molecule has 0 bridgehead atoms. The summed E-state index contributed by atoms with van der Waals surface area (Å²) in [6, 6.07) is 8.92. The van der Waals surface area contributed by atoms with Gasteiger partial charge in [0.15, 0.2) is 5.16 Å². The van der Waals surface area contributed by atoms with Crippen LogP contribution >= 0.6 is 35.0 Å². The van der Waals surface area contributed by atoms with Gasteiger partial charge in [0.2, 0.25) is 5.91 Å². The number of thioether (sulfide) groups is 1. The lowest BCUT2D eigenvalue weighted by molar-refractivity contribution is -0.384. The van der Waals surface area contributed by atoms with Crippen LogP contribution in [0.3, 0.4) is 0 Å². The monoisotopic (exact) mass is 494 g/mol. The summed E-state index contributed by atoms with van der Waals surface area (Å²) in [4.78, 5) is 40.5. The van der Waals surface area contributed by atoms with Crippen LogP contribution < -0.4 is 10.9 Å². The number of hydrogen-bond donors (Lipinski definition) is 1. The van der Waals surface area contributed by atoms with E-state index >= 15 is 0 Å². The van der Waals surface area contributed by atoms with Gasteiger partial charge in [0.25, 0.3) is 11.2 Å². The molecule has 0 aliphatic rings. The van der Waals surface area contributed by atoms with E-state index in [0.29, 0.717) is 33.5 Å². The molecule has 2 aromatic carbocycles. The normalized spacial score (nSPS) is 11.2. The van der Waals surface area contributed by atoms with Crippen molar-refractivity contribution in [3.05, 3.63) is 66.9 Å². The molecule has 1 N–H and O–H groups in total. The second-order valence-electron chi connectivity index (χ2n) is 7.46. The molecule has 0 unspecified atom stereocenters. The third-order valence-electron chi connectivity index (χ3n) is 4.57. The Bertz CT molecular complexity index is 1250. The molecule has 3 aromatic rings. The predicted molar refractivity (Wildman–Crippen MR) is 128 cm³/mol. The molecule has 8 nitrogen and oxygen atoms in total. The lowest BCUT2D eigenvalue weighted by Crippen LogP contribution is -2.25. The molecule has 1 heterocycles. The van der Waals surface area contributed by atoms with E-state index in [1.54, 1.807) is 22.8 Å². The Labute approximate surface area is 198 Å². The third-order valence-corrected chi connectivity index (χ3v) is 6.10. The van der Waals surface area contributed by atoms with E-state index < -0.39 is 10.8 Å². The van der Waals surface area contributed by atoms with E-state index in [1.807, 2.05) is 0 Å². The molecule has 3 rings (SSSR count). The quantitative estimate of drug-likeness (QED) is 0.194. The van der Waals surface area contributed by atoms with Gasteiger partial charge in [-0.3, -0.25) is 24.3 Å². The van der Waals surface area contributed by atoms with Gasteiger partial charge in [-0.05, 0) is 42.7 Å². The first kappa shape index (κ1) is 24.0. The second-order valence-corrected chi connectivity index (χ2v) is 9.24. The third kappa shape index (κ3) is 5.79. The number of nitrogens with one attached hydrogen (secondary N) is 1. The molecule has 0 saturated carbocycles. The van der Waals surface area contributed by atoms with Crippen LogP contribution in [0.15, 0.2) is 46.3 Å². The highest BCUT2D eigenvalue weighted by molar-refractivity contribution is 7.99. The number of hydrogen-bond acceptors (Lipinski definition) is 6. The zero-order valence-corrected chi connectivity index (χ0v) is 19.6. The molecule has 0 atom stereocenters. The number of rotatable bonds is 8. The Morgan fingerprint density at radius 1 is 1.25 bits per heavy atom. The van der Waals surface area contributed by atoms with Gasteiger partial charge < -0.3 is 5.32 Å². The Hall–Kier alpha value is -2.62. The molecule has 168 valence electrons. The number of carbonyl (C=O) groups excluding carboxylic acids is 1. The zero-order chi connectivity index (χ0) is 23.4. The number of benzene rings is 2. The summed E-state index contributed by atoms with van der Waals surface area (Å²) >= 11 is 13.0. The van der Waals surface area contributed by atoms with Gasteiger partial charge in [-0.1, -0.05) is 48.8 Å². The topological polar surface area (TPSA) is 107 Å². The number of amides is 1. The predicted octanol–water partition coefficient (Wildman–Crippen LogP) is 5.39. The highest BCUT2D eigenvalue weighted by atomic mass is 35.5. The highest BCUT2D eigenvalue weighted by Gasteiger charge is 2.16. The van der Waals surface area contributed by atoms with Gasteiger partial charge in [-0.2, -0.15) is 0 Å². The van der Waals surface area contributed by atoms with Crippen LogP contribution in [0, 0.1) is 16.0 Å². The molecule has 1 amide bonds. The van der Waals surface area contributed by atoms with Crippen LogP contribution in [0.4, 0.5) is 11.4 Å². The molecular formula is C21H20Cl2N4O4S. The van der Waals surface area contributed by atoms with Gasteiger partial charge in [0.1, 0.15) is 5.02 Å². The molecular weight excluding hydrogens is 475 g/mol. The lowest BCUT2D eigenvalue weighted by Gasteiger charge is -2.14. The first-order valence-electron chi connectivity index (χ1n) is 9.72. The molecule has 0 spiro atoms. The van der Waals surface area contributed by atoms with Gasteiger partial charge in [-0.25, -0.2) is 4.98 Å². The smallest absolute Gasteiger partial charge is 0.289 e. The number of aromatic nitrogens is 2. The number of nitrogens with zero attached hydrogens (tertiary/aromatic N) is 3. The van der Waals surface area contributed by atoms with Crippen LogP contribution in [-0.4, -0.2) is 26.1 Å². The summed E-state index contributed by atoms with van der Waals surface area (Å²) in [5.74, 6) is -0.0662. The summed E-state index contributed by atoms with van der Waals surface area (Å²) in [6.45, 7) is 4.59. The van der Waals surface area contributed by atoms with Crippen molar-refractivity contribution in [2.24, 2.45) is 5.92 Å². The molecule has 32 heavy (non-hydrogen) atoms. The molecule has 0 aliphatic carbocycles. The number of carbonyl (C=O) groups is 1. The summed E-state index contributed by atoms with van der Waals surface area (Å²) in [6.07, 6.45) is 0.773. The average Bonchev–Trinajstić information content (AvgIpc) is 2.72. The van der Waals surface area contributed by atoms with Crippen molar-refractivity contribution in [2.75, 3.05) is 11.1 Å². The Morgan fingerprint density at radius 3 is 2.69 bits per heavy atom. The van der Waals surface area contributed by atoms with Crippen LogP contribution in [-0.2, 0) is 11.3 Å². The van der Waals surface area contributed by atoms with E-state index in [1.165, 1.54) is 18.2 Å². The zero-order valence-electron chi connectivity index (χ0n) is 17.3. The SMILES string of the molecule is CC(C)CCn1c(SCC(=O)Nc2ccc(Cl)c([N+](=O)[O-])c2)nc2cc(Cl)ccc2c1=O. The first-order valence-corrected chi connectivity index (χ1v) is 11.5. The molecule has 0 aliphatic heterocycles. The van der Waals surface area contributed by atoms with Gasteiger partial charge in [0.05, 0.1) is 21.6 Å². The van der Waals surface area contributed by atoms with E-state index in [9.17, 15) is 19.7 Å². The number of nitro groups is 1. The lowest BCUT2D eigenvalue weighted by atomic mass is 10.1. The van der Waals surface area contributed by atoms with Crippen molar-refractivity contribution < 1.29 is 9.72 Å². The molecule has 0 saturated heterocycles. The van der Waals surface area contributed by atoms with E-state index in [2.05, 4.69) is 24.1 Å². The number of fused-ring (bicyclic) bond motifs is 1. The van der Waals surface area contributed by atoms with Crippen LogP contribution in [0.1, 0.15) is 20.3 Å². The molecule has 0 radical (unpaired) electrons. The highest BCUT2D eigenvalue weighted by Crippen LogP contribution is 2.28. The minimum absolute atomic E-state index is 0.0180. The largest absolute Gasteiger partial charge is 0.325 e. The van der Waals surface area contributed by atoms with Crippen LogP contribution in [0.25, 0.3) is 10.9 Å². The fourth-order valence-corrected chi connectivity index (χ4v) is 4.10. The first-order chi connectivity index (χ1) is 15.2. The van der Waals surface area contributed by atoms with Crippen LogP contribution in [0.2, 0.25) is 10.0 Å². The number of anilines is 1. The molecule has 1 aromatic heterocycles. The van der Waals surface area contributed by atoms with Crippen molar-refractivity contribution >= 4 is 63.1 Å². The fourth-order valence-electron chi connectivity index (χ4n) is 2.93. The van der Waals surface area contributed by atoms with Gasteiger partial charge >= 0.3 is 0 Å². The second kappa shape index (κ2) is 10.3. The number of nitro benzene ring substituents is 1. The molecule has 0 fully saturated rings. The summed E-state index contributed by atoms with van der Waals surface area (Å²) < 4.78 is 1.57. The van der Waals surface area contributed by atoms with Crippen molar-refractivity contribution in [3.63, 3.8) is 0 Å². The number of halogens is 2. The van der Waals surface area contributed by atoms with Crippen LogP contribution in [0.5, 0.6) is 0 Å².